The maximum absolute atomic E-state index is 13.9. The smallest absolute Gasteiger partial charge is 0.342 e. The van der Waals surface area contributed by atoms with Crippen LogP contribution in [-0.2, 0) is 22.7 Å². The number of halogens is 2. The Labute approximate surface area is 396 Å². The molecule has 6 aromatic carbocycles. The standard InChI is InChI=1S/2C28H28FNO4/c1-17-15-28(2,3)30-24-13-12-21(22-11-8-19(29)14-25(22)33-5)23(26(17)24)16-34-27(31)18-6-9-20(32-4)10-7-18;1-17-15-28(2,3)30-23-13-12-19(20-11-10-18(29)14-25(20)33-5)22(26(17)23)16-34-27(31)21-8-6-7-9-24(21)32-4/h2*6-15,30H,16H2,1-5H3. The fraction of sp³-hybridized carbons (Fsp3) is 0.250. The lowest BCUT2D eigenvalue weighted by Crippen LogP contribution is -2.32. The van der Waals surface area contributed by atoms with Crippen LogP contribution < -0.4 is 29.6 Å². The molecule has 12 heteroatoms. The summed E-state index contributed by atoms with van der Waals surface area (Å²) in [5.41, 5.74) is 11.0. The molecular weight excluding hydrogens is 867 g/mol. The molecule has 2 aliphatic heterocycles. The van der Waals surface area contributed by atoms with Crippen molar-refractivity contribution in [1.29, 1.82) is 0 Å². The van der Waals surface area contributed by atoms with E-state index >= 15 is 0 Å². The molecule has 0 radical (unpaired) electrons. The van der Waals surface area contributed by atoms with Gasteiger partial charge in [0.2, 0.25) is 0 Å². The van der Waals surface area contributed by atoms with Gasteiger partial charge in [-0.3, -0.25) is 0 Å². The molecule has 2 heterocycles. The second-order valence-electron chi connectivity index (χ2n) is 17.6. The topological polar surface area (TPSA) is 114 Å². The fourth-order valence-electron chi connectivity index (χ4n) is 8.95. The molecule has 352 valence electrons. The number of fused-ring (bicyclic) bond motifs is 2. The zero-order valence-electron chi connectivity index (χ0n) is 40.0. The second-order valence-corrected chi connectivity index (χ2v) is 17.6. The number of hydrogen-bond acceptors (Lipinski definition) is 10. The van der Waals surface area contributed by atoms with Crippen LogP contribution in [0.4, 0.5) is 20.2 Å². The number of benzene rings is 6. The van der Waals surface area contributed by atoms with E-state index in [1.54, 1.807) is 67.8 Å². The molecule has 0 aromatic heterocycles. The first kappa shape index (κ1) is 48.3. The molecule has 0 bridgehead atoms. The summed E-state index contributed by atoms with van der Waals surface area (Å²) in [4.78, 5) is 25.8. The van der Waals surface area contributed by atoms with Crippen LogP contribution in [0.25, 0.3) is 33.4 Å². The van der Waals surface area contributed by atoms with Crippen LogP contribution in [0, 0.1) is 11.6 Å². The van der Waals surface area contributed by atoms with Gasteiger partial charge in [-0.15, -0.1) is 0 Å². The number of carbonyl (C=O) groups is 2. The minimum Gasteiger partial charge on any atom is -0.497 e. The largest absolute Gasteiger partial charge is 0.497 e. The average Bonchev–Trinajstić information content (AvgIpc) is 3.31. The maximum atomic E-state index is 13.9. The van der Waals surface area contributed by atoms with E-state index in [0.717, 1.165) is 61.5 Å². The van der Waals surface area contributed by atoms with Crippen LogP contribution in [0.3, 0.4) is 0 Å². The predicted molar refractivity (Wildman–Crippen MR) is 264 cm³/mol. The minimum absolute atomic E-state index is 0.0171. The number of hydrogen-bond donors (Lipinski definition) is 2. The number of esters is 2. The third kappa shape index (κ3) is 10.5. The highest BCUT2D eigenvalue weighted by Crippen LogP contribution is 2.45. The molecule has 0 atom stereocenters. The zero-order valence-corrected chi connectivity index (χ0v) is 40.0. The van der Waals surface area contributed by atoms with Crippen LogP contribution in [0.2, 0.25) is 0 Å². The van der Waals surface area contributed by atoms with Gasteiger partial charge in [0.25, 0.3) is 0 Å². The van der Waals surface area contributed by atoms with Crippen molar-refractivity contribution in [2.24, 2.45) is 0 Å². The summed E-state index contributed by atoms with van der Waals surface area (Å²) in [6.07, 6.45) is 4.29. The maximum Gasteiger partial charge on any atom is 0.342 e. The first-order valence-corrected chi connectivity index (χ1v) is 22.0. The number of para-hydroxylation sites is 1. The second kappa shape index (κ2) is 20.1. The summed E-state index contributed by atoms with van der Waals surface area (Å²) in [5.74, 6) is 0.223. The van der Waals surface area contributed by atoms with E-state index in [1.807, 2.05) is 38.1 Å². The molecule has 0 spiro atoms. The summed E-state index contributed by atoms with van der Waals surface area (Å²) in [5, 5.41) is 7.07. The Morgan fingerprint density at radius 1 is 0.515 bits per heavy atom. The van der Waals surface area contributed by atoms with Crippen molar-refractivity contribution in [3.63, 3.8) is 0 Å². The van der Waals surface area contributed by atoms with Gasteiger partial charge in [0.05, 0.1) is 45.1 Å². The van der Waals surface area contributed by atoms with E-state index in [4.69, 9.17) is 28.4 Å². The Balaban J connectivity index is 0.000000201. The molecule has 10 nitrogen and oxygen atoms in total. The van der Waals surface area contributed by atoms with Crippen LogP contribution in [0.15, 0.2) is 121 Å². The molecule has 0 saturated heterocycles. The number of allylic oxidation sites excluding steroid dienone is 2. The molecular formula is C56H56F2N2O8. The van der Waals surface area contributed by atoms with Crippen molar-refractivity contribution in [3.8, 4) is 45.3 Å². The molecule has 0 saturated carbocycles. The van der Waals surface area contributed by atoms with Gasteiger partial charge in [-0.05, 0) is 137 Å². The van der Waals surface area contributed by atoms with Gasteiger partial charge in [0, 0.05) is 56.9 Å². The normalized spacial score (nSPS) is 13.9. The first-order chi connectivity index (χ1) is 32.5. The summed E-state index contributed by atoms with van der Waals surface area (Å²) >= 11 is 0. The van der Waals surface area contributed by atoms with E-state index < -0.39 is 11.9 Å². The van der Waals surface area contributed by atoms with Crippen LogP contribution >= 0.6 is 0 Å². The van der Waals surface area contributed by atoms with E-state index in [0.29, 0.717) is 39.7 Å². The SMILES string of the molecule is COc1ccc(C(=O)OCc2c(-c3ccc(F)cc3OC)ccc3c2C(C)=CC(C)(C)N3)cc1.COc1ccccc1C(=O)OCc1c(-c2ccc(F)cc2OC)ccc2c1C(C)=CC(C)(C)N2. The van der Waals surface area contributed by atoms with Gasteiger partial charge >= 0.3 is 11.9 Å². The highest BCUT2D eigenvalue weighted by Gasteiger charge is 2.29. The van der Waals surface area contributed by atoms with Gasteiger partial charge in [0.15, 0.2) is 0 Å². The molecule has 0 fully saturated rings. The molecule has 0 aliphatic carbocycles. The van der Waals surface area contributed by atoms with Crippen molar-refractivity contribution in [2.75, 3.05) is 39.1 Å². The van der Waals surface area contributed by atoms with Gasteiger partial charge in [-0.1, -0.05) is 36.4 Å². The Kier molecular flexibility index (Phi) is 14.3. The van der Waals surface area contributed by atoms with Crippen molar-refractivity contribution >= 4 is 34.5 Å². The first-order valence-electron chi connectivity index (χ1n) is 22.0. The quantitative estimate of drug-likeness (QED) is 0.115. The van der Waals surface area contributed by atoms with Crippen molar-refractivity contribution in [3.05, 3.63) is 166 Å². The molecule has 2 N–H and O–H groups in total. The molecule has 8 rings (SSSR count). The van der Waals surface area contributed by atoms with Gasteiger partial charge in [0.1, 0.15) is 53.4 Å². The van der Waals surface area contributed by atoms with E-state index in [1.165, 1.54) is 45.6 Å². The Morgan fingerprint density at radius 2 is 0.956 bits per heavy atom. The minimum atomic E-state index is -0.488. The summed E-state index contributed by atoms with van der Waals surface area (Å²) in [6, 6.07) is 30.5. The lowest BCUT2D eigenvalue weighted by Gasteiger charge is -2.33. The number of methoxy groups -OCH3 is 4. The number of carbonyl (C=O) groups excluding carboxylic acids is 2. The fourth-order valence-corrected chi connectivity index (χ4v) is 8.95. The molecule has 0 unspecified atom stereocenters. The van der Waals surface area contributed by atoms with Gasteiger partial charge in [-0.2, -0.15) is 0 Å². The zero-order chi connectivity index (χ0) is 48.9. The van der Waals surface area contributed by atoms with E-state index in [-0.39, 0.29) is 35.9 Å². The predicted octanol–water partition coefficient (Wildman–Crippen LogP) is 12.9. The van der Waals surface area contributed by atoms with E-state index in [2.05, 4.69) is 50.5 Å². The van der Waals surface area contributed by atoms with Gasteiger partial charge < -0.3 is 39.1 Å². The highest BCUT2D eigenvalue weighted by atomic mass is 19.1. The van der Waals surface area contributed by atoms with Crippen molar-refractivity contribution < 1.29 is 46.8 Å². The molecule has 68 heavy (non-hydrogen) atoms. The van der Waals surface area contributed by atoms with Crippen LogP contribution in [0.5, 0.6) is 23.0 Å². The Bertz CT molecular complexity index is 2940. The molecule has 0 amide bonds. The molecule has 2 aliphatic rings. The van der Waals surface area contributed by atoms with Gasteiger partial charge in [-0.25, -0.2) is 18.4 Å². The third-order valence-corrected chi connectivity index (χ3v) is 11.7. The summed E-state index contributed by atoms with van der Waals surface area (Å²) < 4.78 is 60.8. The number of rotatable bonds is 12. The molecule has 6 aromatic rings. The Morgan fingerprint density at radius 3 is 1.41 bits per heavy atom. The monoisotopic (exact) mass is 922 g/mol. The number of nitrogens with one attached hydrogen (secondary N) is 2. The highest BCUT2D eigenvalue weighted by molar-refractivity contribution is 5.94. The Hall–Kier alpha value is -7.60. The van der Waals surface area contributed by atoms with Crippen molar-refractivity contribution in [1.82, 2.24) is 0 Å². The average molecular weight is 923 g/mol. The number of ether oxygens (including phenoxy) is 6. The number of anilines is 2. The van der Waals surface area contributed by atoms with E-state index in [9.17, 15) is 18.4 Å². The van der Waals surface area contributed by atoms with Crippen LogP contribution in [-0.4, -0.2) is 51.5 Å². The lowest BCUT2D eigenvalue weighted by atomic mass is 9.85. The van der Waals surface area contributed by atoms with Crippen LogP contribution in [0.1, 0.15) is 84.5 Å². The summed E-state index contributed by atoms with van der Waals surface area (Å²) in [7, 11) is 6.10. The lowest BCUT2D eigenvalue weighted by molar-refractivity contribution is 0.0462. The summed E-state index contributed by atoms with van der Waals surface area (Å²) in [6.45, 7) is 12.5. The third-order valence-electron chi connectivity index (χ3n) is 11.7. The van der Waals surface area contributed by atoms with Crippen molar-refractivity contribution in [2.45, 2.75) is 65.8 Å².